The lowest BCUT2D eigenvalue weighted by atomic mass is 9.94. The van der Waals surface area contributed by atoms with E-state index in [9.17, 15) is 18.0 Å². The van der Waals surface area contributed by atoms with E-state index in [-0.39, 0.29) is 5.91 Å². The van der Waals surface area contributed by atoms with Crippen molar-refractivity contribution in [3.05, 3.63) is 47.5 Å². The van der Waals surface area contributed by atoms with E-state index >= 15 is 0 Å². The predicted octanol–water partition coefficient (Wildman–Crippen LogP) is 4.20. The van der Waals surface area contributed by atoms with Crippen molar-refractivity contribution in [2.45, 2.75) is 26.1 Å². The minimum absolute atomic E-state index is 0.0544. The first-order valence-corrected chi connectivity index (χ1v) is 9.77. The smallest absolute Gasteiger partial charge is 0.475 e. The van der Waals surface area contributed by atoms with E-state index in [0.29, 0.717) is 0 Å². The third-order valence-electron chi connectivity index (χ3n) is 4.34. The van der Waals surface area contributed by atoms with Crippen LogP contribution in [0.5, 0.6) is 0 Å². The molecule has 0 unspecified atom stereocenters. The van der Waals surface area contributed by atoms with Crippen LogP contribution in [-0.2, 0) is 22.6 Å². The van der Waals surface area contributed by atoms with Crippen LogP contribution in [0.25, 0.3) is 20.8 Å². The van der Waals surface area contributed by atoms with Crippen molar-refractivity contribution in [1.82, 2.24) is 10.3 Å². The first-order chi connectivity index (χ1) is 14.2. The second-order valence-corrected chi connectivity index (χ2v) is 7.55. The van der Waals surface area contributed by atoms with Crippen molar-refractivity contribution in [3.8, 4) is 10.6 Å². The SMILES string of the molecule is CC(=O)Nc1ccc2c(c1-c1nc3ccccc3s1)CCNC2.O=C(O)C(F)(F)F. The molecule has 30 heavy (non-hydrogen) atoms. The molecule has 0 spiro atoms. The fraction of sp³-hybridized carbons (Fsp3) is 0.250. The van der Waals surface area contributed by atoms with Gasteiger partial charge in [-0.3, -0.25) is 4.79 Å². The summed E-state index contributed by atoms with van der Waals surface area (Å²) in [6.07, 6.45) is -4.13. The normalized spacial score (nSPS) is 13.2. The Hall–Kier alpha value is -2.98. The molecule has 158 valence electrons. The van der Waals surface area contributed by atoms with Crippen molar-refractivity contribution in [3.63, 3.8) is 0 Å². The van der Waals surface area contributed by atoms with Crippen molar-refractivity contribution < 1.29 is 27.9 Å². The van der Waals surface area contributed by atoms with Gasteiger partial charge in [0.05, 0.1) is 15.9 Å². The Morgan fingerprint density at radius 1 is 1.20 bits per heavy atom. The van der Waals surface area contributed by atoms with Crippen LogP contribution in [0.2, 0.25) is 0 Å². The number of fused-ring (bicyclic) bond motifs is 2. The molecule has 0 bridgehead atoms. The molecule has 0 fully saturated rings. The van der Waals surface area contributed by atoms with Gasteiger partial charge in [-0.1, -0.05) is 18.2 Å². The van der Waals surface area contributed by atoms with Gasteiger partial charge in [-0.15, -0.1) is 11.3 Å². The highest BCUT2D eigenvalue weighted by atomic mass is 32.1. The number of halogens is 3. The van der Waals surface area contributed by atoms with Crippen LogP contribution in [0.1, 0.15) is 18.1 Å². The second-order valence-electron chi connectivity index (χ2n) is 6.52. The van der Waals surface area contributed by atoms with E-state index in [1.54, 1.807) is 18.3 Å². The average Bonchev–Trinajstić information content (AvgIpc) is 3.10. The largest absolute Gasteiger partial charge is 0.490 e. The highest BCUT2D eigenvalue weighted by molar-refractivity contribution is 7.21. The lowest BCUT2D eigenvalue weighted by molar-refractivity contribution is -0.192. The molecule has 6 nitrogen and oxygen atoms in total. The van der Waals surface area contributed by atoms with Gasteiger partial charge < -0.3 is 15.7 Å². The van der Waals surface area contributed by atoms with Crippen LogP contribution in [0.15, 0.2) is 36.4 Å². The van der Waals surface area contributed by atoms with Gasteiger partial charge in [0.1, 0.15) is 5.01 Å². The van der Waals surface area contributed by atoms with Crippen LogP contribution < -0.4 is 10.6 Å². The Morgan fingerprint density at radius 3 is 2.53 bits per heavy atom. The fourth-order valence-corrected chi connectivity index (χ4v) is 4.15. The molecule has 1 aliphatic rings. The summed E-state index contributed by atoms with van der Waals surface area (Å²) in [4.78, 5) is 25.3. The number of aliphatic carboxylic acids is 1. The third kappa shape index (κ3) is 4.95. The number of carboxylic acids is 1. The van der Waals surface area contributed by atoms with Crippen LogP contribution in [0.4, 0.5) is 18.9 Å². The van der Waals surface area contributed by atoms with Gasteiger partial charge in [-0.25, -0.2) is 9.78 Å². The summed E-state index contributed by atoms with van der Waals surface area (Å²) < 4.78 is 32.9. The summed E-state index contributed by atoms with van der Waals surface area (Å²) >= 11 is 1.68. The van der Waals surface area contributed by atoms with Crippen LogP contribution in [-0.4, -0.2) is 34.7 Å². The summed E-state index contributed by atoms with van der Waals surface area (Å²) in [6, 6.07) is 12.3. The molecule has 0 saturated heterocycles. The van der Waals surface area contributed by atoms with Gasteiger partial charge in [-0.05, 0) is 42.3 Å². The molecule has 0 radical (unpaired) electrons. The quantitative estimate of drug-likeness (QED) is 0.559. The number of hydrogen-bond donors (Lipinski definition) is 3. The number of carboxylic acid groups (broad SMARTS) is 1. The number of thiazole rings is 1. The van der Waals surface area contributed by atoms with Gasteiger partial charge in [0, 0.05) is 19.0 Å². The number of carbonyl (C=O) groups excluding carboxylic acids is 1. The summed E-state index contributed by atoms with van der Waals surface area (Å²) in [6.45, 7) is 3.37. The topological polar surface area (TPSA) is 91.3 Å². The van der Waals surface area contributed by atoms with Crippen molar-refractivity contribution in [2.24, 2.45) is 0 Å². The maximum absolute atomic E-state index is 11.6. The Balaban J connectivity index is 0.000000318. The van der Waals surface area contributed by atoms with Gasteiger partial charge in [0.2, 0.25) is 5.91 Å². The van der Waals surface area contributed by atoms with Gasteiger partial charge >= 0.3 is 12.1 Å². The van der Waals surface area contributed by atoms with E-state index in [2.05, 4.69) is 22.8 Å². The molecule has 10 heteroatoms. The van der Waals surface area contributed by atoms with Crippen molar-refractivity contribution in [1.29, 1.82) is 0 Å². The Labute approximate surface area is 173 Å². The summed E-state index contributed by atoms with van der Waals surface area (Å²) in [5, 5.41) is 14.5. The molecule has 2 heterocycles. The fourth-order valence-electron chi connectivity index (χ4n) is 3.10. The molecule has 2 aromatic carbocycles. The Kier molecular flexibility index (Phi) is 6.37. The second kappa shape index (κ2) is 8.80. The minimum atomic E-state index is -5.08. The van der Waals surface area contributed by atoms with Gasteiger partial charge in [0.25, 0.3) is 0 Å². The van der Waals surface area contributed by atoms with Crippen molar-refractivity contribution in [2.75, 3.05) is 11.9 Å². The number of carbonyl (C=O) groups is 2. The number of anilines is 1. The summed E-state index contributed by atoms with van der Waals surface area (Å²) in [7, 11) is 0. The molecule has 4 rings (SSSR count). The maximum atomic E-state index is 11.6. The molecule has 3 N–H and O–H groups in total. The molecule has 0 atom stereocenters. The van der Waals surface area contributed by atoms with E-state index in [1.807, 2.05) is 24.3 Å². The zero-order chi connectivity index (χ0) is 21.9. The maximum Gasteiger partial charge on any atom is 0.490 e. The number of rotatable bonds is 2. The molecule has 0 aliphatic carbocycles. The Morgan fingerprint density at radius 2 is 1.90 bits per heavy atom. The van der Waals surface area contributed by atoms with Gasteiger partial charge in [-0.2, -0.15) is 13.2 Å². The van der Waals surface area contributed by atoms with E-state index < -0.39 is 12.1 Å². The number of hydrogen-bond acceptors (Lipinski definition) is 5. The highest BCUT2D eigenvalue weighted by Crippen LogP contribution is 2.39. The third-order valence-corrected chi connectivity index (χ3v) is 5.39. The first kappa shape index (κ1) is 21.7. The molecular weight excluding hydrogens is 419 g/mol. The zero-order valence-corrected chi connectivity index (χ0v) is 16.7. The number of nitrogens with one attached hydrogen (secondary N) is 2. The molecule has 1 aliphatic heterocycles. The molecule has 1 amide bonds. The summed E-state index contributed by atoms with van der Waals surface area (Å²) in [5.41, 5.74) is 5.54. The number of amides is 1. The molecule has 1 aromatic heterocycles. The number of aromatic nitrogens is 1. The van der Waals surface area contributed by atoms with E-state index in [0.717, 1.165) is 41.3 Å². The van der Waals surface area contributed by atoms with Crippen molar-refractivity contribution >= 4 is 39.1 Å². The van der Waals surface area contributed by atoms with Crippen LogP contribution >= 0.6 is 11.3 Å². The first-order valence-electron chi connectivity index (χ1n) is 8.96. The van der Waals surface area contributed by atoms with Gasteiger partial charge in [0.15, 0.2) is 0 Å². The summed E-state index contributed by atoms with van der Waals surface area (Å²) in [5.74, 6) is -2.81. The highest BCUT2D eigenvalue weighted by Gasteiger charge is 2.38. The molecular formula is C20H18F3N3O3S. The standard InChI is InChI=1S/C18H17N3OS.C2HF3O2/c1-11(22)20-15-7-6-12-10-19-9-8-13(12)17(15)18-21-14-4-2-3-5-16(14)23-18;3-2(4,5)1(6)7/h2-7,19H,8-10H2,1H3,(H,20,22);(H,6,7). The van der Waals surface area contributed by atoms with Crippen LogP contribution in [0.3, 0.4) is 0 Å². The molecule has 0 saturated carbocycles. The van der Waals surface area contributed by atoms with E-state index in [4.69, 9.17) is 14.9 Å². The molecule has 3 aromatic rings. The van der Waals surface area contributed by atoms with Crippen LogP contribution in [0, 0.1) is 0 Å². The lowest BCUT2D eigenvalue weighted by Gasteiger charge is -2.22. The van der Waals surface area contributed by atoms with E-state index in [1.165, 1.54) is 15.8 Å². The number of nitrogens with zero attached hydrogens (tertiary/aromatic N) is 1. The number of alkyl halides is 3. The minimum Gasteiger partial charge on any atom is -0.475 e. The number of para-hydroxylation sites is 1. The zero-order valence-electron chi connectivity index (χ0n) is 15.8. The monoisotopic (exact) mass is 437 g/mol. The number of benzene rings is 2. The Bertz CT molecular complexity index is 1060. The predicted molar refractivity (Wildman–Crippen MR) is 108 cm³/mol. The average molecular weight is 437 g/mol. The lowest BCUT2D eigenvalue weighted by Crippen LogP contribution is -2.24.